The summed E-state index contributed by atoms with van der Waals surface area (Å²) in [7, 11) is 0. The van der Waals surface area contributed by atoms with Crippen LogP contribution in [0, 0.1) is 0 Å². The number of aromatic nitrogens is 1. The third-order valence-corrected chi connectivity index (χ3v) is 5.06. The summed E-state index contributed by atoms with van der Waals surface area (Å²) in [5, 5.41) is 11.9. The summed E-state index contributed by atoms with van der Waals surface area (Å²) in [5.74, 6) is 0.219. The van der Waals surface area contributed by atoms with Gasteiger partial charge in [-0.05, 0) is 35.1 Å². The van der Waals surface area contributed by atoms with Crippen molar-refractivity contribution in [3.8, 4) is 11.3 Å². The van der Waals surface area contributed by atoms with Gasteiger partial charge in [0.05, 0.1) is 6.10 Å². The zero-order valence-corrected chi connectivity index (χ0v) is 14.9. The number of aliphatic hydroxyl groups is 1. The molecule has 2 N–H and O–H groups in total. The van der Waals surface area contributed by atoms with Crippen LogP contribution in [0.15, 0.2) is 84.9 Å². The first-order valence-corrected chi connectivity index (χ1v) is 9.13. The van der Waals surface area contributed by atoms with Gasteiger partial charge in [-0.25, -0.2) is 0 Å². The Morgan fingerprint density at radius 1 is 0.808 bits per heavy atom. The molecule has 26 heavy (non-hydrogen) atoms. The molecule has 0 fully saturated rings. The van der Waals surface area contributed by atoms with Gasteiger partial charge in [0, 0.05) is 16.6 Å². The molecule has 0 aliphatic carbocycles. The second-order valence-electron chi connectivity index (χ2n) is 6.89. The van der Waals surface area contributed by atoms with E-state index in [1.807, 2.05) is 36.4 Å². The predicted molar refractivity (Wildman–Crippen MR) is 108 cm³/mol. The molecule has 2 heteroatoms. The Morgan fingerprint density at radius 2 is 1.42 bits per heavy atom. The zero-order valence-electron chi connectivity index (χ0n) is 14.9. The van der Waals surface area contributed by atoms with Crippen LogP contribution in [-0.2, 0) is 0 Å². The van der Waals surface area contributed by atoms with Crippen LogP contribution in [0.5, 0.6) is 0 Å². The molecule has 4 rings (SSSR count). The highest BCUT2D eigenvalue weighted by Crippen LogP contribution is 2.39. The van der Waals surface area contributed by atoms with E-state index in [-0.39, 0.29) is 5.92 Å². The molecule has 0 spiro atoms. The Balaban J connectivity index is 1.75. The quantitative estimate of drug-likeness (QED) is 0.454. The van der Waals surface area contributed by atoms with E-state index in [0.717, 1.165) is 16.8 Å². The van der Waals surface area contributed by atoms with E-state index in [4.69, 9.17) is 0 Å². The molecule has 1 aromatic heterocycles. The highest BCUT2D eigenvalue weighted by molar-refractivity contribution is 5.91. The number of rotatable bonds is 5. The molecule has 0 saturated carbocycles. The van der Waals surface area contributed by atoms with Crippen molar-refractivity contribution in [2.75, 3.05) is 0 Å². The number of H-pyrrole nitrogens is 1. The fourth-order valence-electron chi connectivity index (χ4n) is 3.77. The summed E-state index contributed by atoms with van der Waals surface area (Å²) >= 11 is 0. The average molecular weight is 341 g/mol. The molecule has 3 aromatic carbocycles. The average Bonchev–Trinajstić information content (AvgIpc) is 3.09. The van der Waals surface area contributed by atoms with Gasteiger partial charge in [-0.2, -0.15) is 0 Å². The molecule has 0 amide bonds. The first-order chi connectivity index (χ1) is 12.7. The molecule has 4 aromatic rings. The zero-order chi connectivity index (χ0) is 17.9. The fourth-order valence-corrected chi connectivity index (χ4v) is 3.77. The molecule has 0 aliphatic heterocycles. The number of aliphatic hydroxyl groups excluding tert-OH is 1. The van der Waals surface area contributed by atoms with Gasteiger partial charge in [-0.3, -0.25) is 0 Å². The largest absolute Gasteiger partial charge is 0.388 e. The molecule has 0 aliphatic rings. The van der Waals surface area contributed by atoms with Crippen LogP contribution in [0.2, 0.25) is 0 Å². The fraction of sp³-hybridized carbons (Fsp3) is 0.167. The molecule has 1 heterocycles. The predicted octanol–water partition coefficient (Wildman–Crippen LogP) is 6.06. The SMILES string of the molecule is CC(CC(O)c1ccccc1)c1c(-c2ccccc2)[nH]c2ccccc12. The number of aromatic amines is 1. The topological polar surface area (TPSA) is 36.0 Å². The Bertz CT molecular complexity index is 989. The van der Waals surface area contributed by atoms with Gasteiger partial charge in [0.15, 0.2) is 0 Å². The standard InChI is InChI=1S/C24H23NO/c1-17(16-22(26)18-10-4-2-5-11-18)23-20-14-8-9-15-21(20)25-24(23)19-12-6-3-7-13-19/h2-15,17,22,25-26H,16H2,1H3. The second kappa shape index (κ2) is 7.19. The lowest BCUT2D eigenvalue weighted by Crippen LogP contribution is -2.04. The van der Waals surface area contributed by atoms with Crippen molar-refractivity contribution in [2.45, 2.75) is 25.4 Å². The third-order valence-electron chi connectivity index (χ3n) is 5.06. The maximum atomic E-state index is 10.7. The number of nitrogens with one attached hydrogen (secondary N) is 1. The molecule has 0 bridgehead atoms. The van der Waals surface area contributed by atoms with Gasteiger partial charge < -0.3 is 10.1 Å². The Hall–Kier alpha value is -2.84. The minimum Gasteiger partial charge on any atom is -0.388 e. The van der Waals surface area contributed by atoms with E-state index < -0.39 is 6.10 Å². The smallest absolute Gasteiger partial charge is 0.0795 e. The highest BCUT2D eigenvalue weighted by atomic mass is 16.3. The van der Waals surface area contributed by atoms with Crippen molar-refractivity contribution in [2.24, 2.45) is 0 Å². The van der Waals surface area contributed by atoms with Crippen LogP contribution in [0.4, 0.5) is 0 Å². The van der Waals surface area contributed by atoms with Gasteiger partial charge in [0.1, 0.15) is 0 Å². The van der Waals surface area contributed by atoms with Crippen LogP contribution in [-0.4, -0.2) is 10.1 Å². The number of para-hydroxylation sites is 1. The van der Waals surface area contributed by atoms with Crippen LogP contribution in [0.3, 0.4) is 0 Å². The lowest BCUT2D eigenvalue weighted by Gasteiger charge is -2.18. The Labute approximate surface area is 154 Å². The maximum absolute atomic E-state index is 10.7. The van der Waals surface area contributed by atoms with E-state index in [1.54, 1.807) is 0 Å². The number of fused-ring (bicyclic) bond motifs is 1. The minimum absolute atomic E-state index is 0.219. The lowest BCUT2D eigenvalue weighted by atomic mass is 9.89. The number of hydrogen-bond donors (Lipinski definition) is 2. The van der Waals surface area contributed by atoms with Crippen molar-refractivity contribution in [1.82, 2.24) is 4.98 Å². The Kier molecular flexibility index (Phi) is 4.59. The van der Waals surface area contributed by atoms with Gasteiger partial charge in [0.25, 0.3) is 0 Å². The van der Waals surface area contributed by atoms with Crippen molar-refractivity contribution in [3.05, 3.63) is 96.1 Å². The van der Waals surface area contributed by atoms with Crippen LogP contribution >= 0.6 is 0 Å². The van der Waals surface area contributed by atoms with Crippen molar-refractivity contribution >= 4 is 10.9 Å². The van der Waals surface area contributed by atoms with E-state index >= 15 is 0 Å². The summed E-state index contributed by atoms with van der Waals surface area (Å²) in [6.45, 7) is 2.20. The van der Waals surface area contributed by atoms with Crippen molar-refractivity contribution in [1.29, 1.82) is 0 Å². The number of benzene rings is 3. The first-order valence-electron chi connectivity index (χ1n) is 9.13. The van der Waals surface area contributed by atoms with Gasteiger partial charge >= 0.3 is 0 Å². The van der Waals surface area contributed by atoms with Gasteiger partial charge in [-0.15, -0.1) is 0 Å². The summed E-state index contributed by atoms with van der Waals surface area (Å²) in [6, 6.07) is 28.8. The molecule has 2 nitrogen and oxygen atoms in total. The van der Waals surface area contributed by atoms with Crippen LogP contribution in [0.25, 0.3) is 22.2 Å². The van der Waals surface area contributed by atoms with E-state index in [2.05, 4.69) is 60.4 Å². The molecule has 0 radical (unpaired) electrons. The summed E-state index contributed by atoms with van der Waals surface area (Å²) < 4.78 is 0. The van der Waals surface area contributed by atoms with Gasteiger partial charge in [-0.1, -0.05) is 85.8 Å². The lowest BCUT2D eigenvalue weighted by molar-refractivity contribution is 0.160. The van der Waals surface area contributed by atoms with E-state index in [1.165, 1.54) is 16.5 Å². The molecule has 0 saturated heterocycles. The summed E-state index contributed by atoms with van der Waals surface area (Å²) in [5.41, 5.74) is 5.73. The minimum atomic E-state index is -0.469. The molecule has 130 valence electrons. The first kappa shape index (κ1) is 16.6. The third kappa shape index (κ3) is 3.16. The number of hydrogen-bond acceptors (Lipinski definition) is 1. The van der Waals surface area contributed by atoms with Gasteiger partial charge in [0.2, 0.25) is 0 Å². The van der Waals surface area contributed by atoms with E-state index in [0.29, 0.717) is 6.42 Å². The Morgan fingerprint density at radius 3 is 2.15 bits per heavy atom. The molecular formula is C24H23NO. The van der Waals surface area contributed by atoms with Crippen molar-refractivity contribution in [3.63, 3.8) is 0 Å². The molecule has 2 atom stereocenters. The molecular weight excluding hydrogens is 318 g/mol. The monoisotopic (exact) mass is 341 g/mol. The highest BCUT2D eigenvalue weighted by Gasteiger charge is 2.21. The second-order valence-corrected chi connectivity index (χ2v) is 6.89. The maximum Gasteiger partial charge on any atom is 0.0795 e. The van der Waals surface area contributed by atoms with Crippen LogP contribution in [0.1, 0.15) is 36.5 Å². The van der Waals surface area contributed by atoms with E-state index in [9.17, 15) is 5.11 Å². The van der Waals surface area contributed by atoms with Crippen LogP contribution < -0.4 is 0 Å². The van der Waals surface area contributed by atoms with Crippen molar-refractivity contribution < 1.29 is 5.11 Å². The summed E-state index contributed by atoms with van der Waals surface area (Å²) in [6.07, 6.45) is 0.217. The summed E-state index contributed by atoms with van der Waals surface area (Å²) in [4.78, 5) is 3.59. The molecule has 2 unspecified atom stereocenters. The normalized spacial score (nSPS) is 13.6.